The van der Waals surface area contributed by atoms with Crippen molar-refractivity contribution in [1.29, 1.82) is 0 Å². The first-order valence-electron chi connectivity index (χ1n) is 17.8. The molecule has 3 aliphatic heterocycles. The van der Waals surface area contributed by atoms with E-state index in [1.807, 2.05) is 26.2 Å². The maximum absolute atomic E-state index is 14.1. The highest BCUT2D eigenvalue weighted by atomic mass is 35.5. The number of anilines is 1. The Morgan fingerprint density at radius 3 is 2.58 bits per heavy atom. The number of fused-ring (bicyclic) bond motifs is 5. The number of amides is 3. The number of thioether (sulfide) groups is 1. The van der Waals surface area contributed by atoms with Gasteiger partial charge in [-0.05, 0) is 57.6 Å². The first-order valence-corrected chi connectivity index (χ1v) is 19.4. The fourth-order valence-corrected chi connectivity index (χ4v) is 7.51. The Labute approximate surface area is 321 Å². The van der Waals surface area contributed by atoms with Gasteiger partial charge in [-0.3, -0.25) is 14.9 Å². The van der Waals surface area contributed by atoms with E-state index in [2.05, 4.69) is 5.32 Å². The van der Waals surface area contributed by atoms with E-state index in [0.717, 1.165) is 11.1 Å². The molecule has 294 valence electrons. The minimum absolute atomic E-state index is 0.0449. The molecule has 1 aromatic rings. The normalized spacial score (nSPS) is 30.2. The van der Waals surface area contributed by atoms with Gasteiger partial charge in [0.05, 0.1) is 25.3 Å². The zero-order valence-electron chi connectivity index (χ0n) is 32.3. The Balaban J connectivity index is 1.73. The average Bonchev–Trinajstić information content (AvgIpc) is 3.82. The molecule has 3 aliphatic rings. The summed E-state index contributed by atoms with van der Waals surface area (Å²) >= 11 is 8.42. The van der Waals surface area contributed by atoms with Gasteiger partial charge in [0.25, 0.3) is 0 Å². The number of alkyl carbamates (subject to hydrolysis) is 1. The van der Waals surface area contributed by atoms with Gasteiger partial charge in [0, 0.05) is 45.2 Å². The molecular formula is C38H54ClN3O10S. The van der Waals surface area contributed by atoms with E-state index in [9.17, 15) is 24.3 Å². The summed E-state index contributed by atoms with van der Waals surface area (Å²) in [5.74, 6) is -1.48. The Morgan fingerprint density at radius 1 is 1.25 bits per heavy atom. The van der Waals surface area contributed by atoms with E-state index in [-0.39, 0.29) is 35.4 Å². The molecular weight excluding hydrogens is 726 g/mol. The van der Waals surface area contributed by atoms with Crippen LogP contribution < -0.4 is 15.0 Å². The van der Waals surface area contributed by atoms with Crippen LogP contribution in [0.4, 0.5) is 10.5 Å². The summed E-state index contributed by atoms with van der Waals surface area (Å²) in [7, 11) is 6.06. The quantitative estimate of drug-likeness (QED) is 0.256. The highest BCUT2D eigenvalue weighted by Crippen LogP contribution is 2.49. The number of rotatable bonds is 9. The minimum atomic E-state index is -1.82. The number of likely N-dealkylation sites (N-methyl/N-ethyl adjacent to an activating group) is 1. The molecule has 0 aromatic heterocycles. The van der Waals surface area contributed by atoms with Gasteiger partial charge in [-0.25, -0.2) is 9.59 Å². The number of carbonyl (C=O) groups excluding carboxylic acids is 4. The van der Waals surface area contributed by atoms with E-state index in [1.165, 1.54) is 24.0 Å². The van der Waals surface area contributed by atoms with Crippen LogP contribution in [-0.4, -0.2) is 115 Å². The van der Waals surface area contributed by atoms with Crippen LogP contribution in [0.1, 0.15) is 65.9 Å². The van der Waals surface area contributed by atoms with E-state index in [0.29, 0.717) is 24.3 Å². The summed E-state index contributed by atoms with van der Waals surface area (Å²) in [6.07, 6.45) is 3.91. The van der Waals surface area contributed by atoms with Crippen LogP contribution in [0.15, 0.2) is 35.9 Å². The van der Waals surface area contributed by atoms with Crippen molar-refractivity contribution in [1.82, 2.24) is 10.2 Å². The largest absolute Gasteiger partial charge is 0.495 e. The lowest BCUT2D eigenvalue weighted by Gasteiger charge is -2.42. The SMILES string of the molecule is COc1cc2cc(c1Cl)N(C)C(=O)CC(OC(=O)C(C)N(C)C(=O)CCC(C)SC)C1(C)OC1C(C)C1CC(O)(NC(=O)O1)C(OC)C=CC=C(C)C2. The molecule has 1 aromatic carbocycles. The van der Waals surface area contributed by atoms with Crippen molar-refractivity contribution in [2.45, 2.75) is 114 Å². The molecule has 0 aliphatic carbocycles. The molecule has 3 heterocycles. The summed E-state index contributed by atoms with van der Waals surface area (Å²) in [6, 6.07) is 2.64. The third-order valence-corrected chi connectivity index (χ3v) is 12.1. The molecule has 15 heteroatoms. The van der Waals surface area contributed by atoms with Crippen molar-refractivity contribution in [2.24, 2.45) is 5.92 Å². The van der Waals surface area contributed by atoms with Crippen molar-refractivity contribution in [3.05, 3.63) is 46.5 Å². The number of methoxy groups -OCH3 is 2. The number of nitrogens with one attached hydrogen (secondary N) is 1. The fraction of sp³-hybridized carbons (Fsp3) is 0.632. The van der Waals surface area contributed by atoms with Gasteiger partial charge in [0.15, 0.2) is 5.72 Å². The van der Waals surface area contributed by atoms with Gasteiger partial charge in [-0.1, -0.05) is 49.2 Å². The second-order valence-corrected chi connectivity index (χ2v) is 16.1. The molecule has 4 bridgehead atoms. The number of aliphatic hydroxyl groups is 1. The Kier molecular flexibility index (Phi) is 14.0. The first-order chi connectivity index (χ1) is 24.9. The first kappa shape index (κ1) is 42.4. The molecule has 0 spiro atoms. The molecule has 0 saturated carbocycles. The van der Waals surface area contributed by atoms with Crippen LogP contribution >= 0.6 is 23.4 Å². The minimum Gasteiger partial charge on any atom is -0.495 e. The van der Waals surface area contributed by atoms with Crippen molar-refractivity contribution in [3.8, 4) is 5.75 Å². The zero-order chi connectivity index (χ0) is 39.4. The van der Waals surface area contributed by atoms with Gasteiger partial charge < -0.3 is 38.6 Å². The molecule has 9 atom stereocenters. The molecule has 4 rings (SSSR count). The summed E-state index contributed by atoms with van der Waals surface area (Å²) < 4.78 is 29.2. The fourth-order valence-electron chi connectivity index (χ4n) is 6.84. The molecule has 2 fully saturated rings. The number of ether oxygens (including phenoxy) is 5. The van der Waals surface area contributed by atoms with Crippen molar-refractivity contribution in [2.75, 3.05) is 39.5 Å². The van der Waals surface area contributed by atoms with Crippen LogP contribution in [0.25, 0.3) is 0 Å². The maximum Gasteiger partial charge on any atom is 0.409 e. The summed E-state index contributed by atoms with van der Waals surface area (Å²) in [4.78, 5) is 56.5. The third kappa shape index (κ3) is 9.69. The Morgan fingerprint density at radius 2 is 1.94 bits per heavy atom. The summed E-state index contributed by atoms with van der Waals surface area (Å²) in [6.45, 7) is 9.08. The van der Waals surface area contributed by atoms with Crippen LogP contribution in [-0.2, 0) is 39.8 Å². The lowest BCUT2D eigenvalue weighted by atomic mass is 9.83. The molecule has 9 unspecified atom stereocenters. The monoisotopic (exact) mass is 779 g/mol. The summed E-state index contributed by atoms with van der Waals surface area (Å²) in [5, 5.41) is 14.8. The van der Waals surface area contributed by atoms with E-state index in [1.54, 1.807) is 70.9 Å². The van der Waals surface area contributed by atoms with E-state index < -0.39 is 65.7 Å². The van der Waals surface area contributed by atoms with E-state index in [4.69, 9.17) is 35.3 Å². The second-order valence-electron chi connectivity index (χ2n) is 14.5. The molecule has 2 N–H and O–H groups in total. The smallest absolute Gasteiger partial charge is 0.409 e. The number of carbonyl (C=O) groups is 4. The van der Waals surface area contributed by atoms with Gasteiger partial charge in [-0.15, -0.1) is 0 Å². The number of hydrogen-bond acceptors (Lipinski definition) is 11. The number of halogens is 1. The lowest BCUT2D eigenvalue weighted by molar-refractivity contribution is -0.162. The lowest BCUT2D eigenvalue weighted by Crippen LogP contribution is -2.63. The maximum atomic E-state index is 14.1. The second kappa shape index (κ2) is 17.4. The number of allylic oxidation sites excluding steroid dienone is 3. The van der Waals surface area contributed by atoms with E-state index >= 15 is 0 Å². The molecule has 2 saturated heterocycles. The van der Waals surface area contributed by atoms with Crippen molar-refractivity contribution >= 4 is 52.9 Å². The predicted octanol–water partition coefficient (Wildman–Crippen LogP) is 5.05. The van der Waals surface area contributed by atoms with Crippen molar-refractivity contribution in [3.63, 3.8) is 0 Å². The van der Waals surface area contributed by atoms with Crippen LogP contribution in [0.2, 0.25) is 5.02 Å². The predicted molar refractivity (Wildman–Crippen MR) is 203 cm³/mol. The van der Waals surface area contributed by atoms with Crippen molar-refractivity contribution < 1.29 is 48.0 Å². The number of benzene rings is 1. The van der Waals surface area contributed by atoms with Gasteiger partial charge in [0.1, 0.15) is 40.7 Å². The zero-order valence-corrected chi connectivity index (χ0v) is 33.8. The van der Waals surface area contributed by atoms with Gasteiger partial charge in [0.2, 0.25) is 11.8 Å². The van der Waals surface area contributed by atoms with Gasteiger partial charge >= 0.3 is 12.1 Å². The van der Waals surface area contributed by atoms with Crippen LogP contribution in [0.5, 0.6) is 5.75 Å². The molecule has 13 nitrogen and oxygen atoms in total. The Bertz CT molecular complexity index is 1610. The number of esters is 1. The summed E-state index contributed by atoms with van der Waals surface area (Å²) in [5.41, 5.74) is -0.883. The Hall–Kier alpha value is -3.30. The molecule has 3 amide bonds. The highest BCUT2D eigenvalue weighted by Gasteiger charge is 2.64. The number of hydrogen-bond donors (Lipinski definition) is 2. The number of epoxide rings is 1. The van der Waals surface area contributed by atoms with Gasteiger partial charge in [-0.2, -0.15) is 11.8 Å². The van der Waals surface area contributed by atoms with Crippen LogP contribution in [0.3, 0.4) is 0 Å². The molecule has 0 radical (unpaired) electrons. The topological polar surface area (TPSA) is 156 Å². The number of nitrogens with zero attached hydrogens (tertiary/aromatic N) is 2. The standard InChI is InChI=1S/C38H54ClN3O10S/c1-21-12-11-13-29(49-9)38(47)20-28(50-36(46)40-38)23(3)34-37(5,52-34)30(51-35(45)24(4)41(6)31(43)15-14-22(2)53-10)19-32(44)42(7)26-17-25(16-21)18-27(48-8)33(26)39/h11-13,17-18,22-24,28-30,34,47H,14-16,19-20H2,1-10H3,(H,40,46). The average molecular weight is 780 g/mol. The van der Waals surface area contributed by atoms with Crippen LogP contribution in [0, 0.1) is 5.92 Å². The third-order valence-electron chi connectivity index (χ3n) is 10.7. The highest BCUT2D eigenvalue weighted by molar-refractivity contribution is 7.99. The molecule has 53 heavy (non-hydrogen) atoms.